The molecular formula is C19H20BrFN2OS. The Morgan fingerprint density at radius 3 is 2.80 bits per heavy atom. The summed E-state index contributed by atoms with van der Waals surface area (Å²) >= 11 is 5.30. The Labute approximate surface area is 160 Å². The lowest BCUT2D eigenvalue weighted by atomic mass is 10.1. The minimum Gasteiger partial charge on any atom is -0.322 e. The number of halogens is 2. The van der Waals surface area contributed by atoms with Crippen LogP contribution >= 0.6 is 27.7 Å². The van der Waals surface area contributed by atoms with Crippen LogP contribution in [0.25, 0.3) is 0 Å². The van der Waals surface area contributed by atoms with Crippen molar-refractivity contribution in [3.63, 3.8) is 0 Å². The van der Waals surface area contributed by atoms with E-state index in [0.29, 0.717) is 4.47 Å². The number of benzene rings is 2. The summed E-state index contributed by atoms with van der Waals surface area (Å²) in [4.78, 5) is 15.0. The summed E-state index contributed by atoms with van der Waals surface area (Å²) in [5.74, 6) is 1.59. The summed E-state index contributed by atoms with van der Waals surface area (Å²) in [6.45, 7) is 5.10. The highest BCUT2D eigenvalue weighted by molar-refractivity contribution is 9.10. The number of rotatable bonds is 4. The second-order valence-corrected chi connectivity index (χ2v) is 8.14. The maximum absolute atomic E-state index is 13.4. The fraction of sp³-hybridized carbons (Fsp3) is 0.316. The lowest BCUT2D eigenvalue weighted by molar-refractivity contribution is 0.102. The fourth-order valence-corrected chi connectivity index (χ4v) is 4.26. The van der Waals surface area contributed by atoms with Crippen LogP contribution in [0.4, 0.5) is 10.1 Å². The molecule has 0 radical (unpaired) electrons. The van der Waals surface area contributed by atoms with E-state index in [1.807, 2.05) is 30.8 Å². The van der Waals surface area contributed by atoms with E-state index >= 15 is 0 Å². The molecule has 0 atom stereocenters. The predicted molar refractivity (Wildman–Crippen MR) is 106 cm³/mol. The molecule has 1 N–H and O–H groups in total. The molecule has 132 valence electrons. The molecular weight excluding hydrogens is 403 g/mol. The topological polar surface area (TPSA) is 32.3 Å². The Bertz CT molecular complexity index is 778. The lowest BCUT2D eigenvalue weighted by Crippen LogP contribution is -2.32. The molecule has 1 saturated heterocycles. The van der Waals surface area contributed by atoms with Crippen LogP contribution in [0.5, 0.6) is 0 Å². The van der Waals surface area contributed by atoms with Crippen molar-refractivity contribution >= 4 is 39.3 Å². The first kappa shape index (κ1) is 18.4. The Hall–Kier alpha value is -1.37. The molecule has 6 heteroatoms. The predicted octanol–water partition coefficient (Wildman–Crippen LogP) is 4.70. The van der Waals surface area contributed by atoms with Gasteiger partial charge in [-0.2, -0.15) is 11.8 Å². The highest BCUT2D eigenvalue weighted by atomic mass is 79.9. The molecule has 0 aliphatic carbocycles. The Morgan fingerprint density at radius 2 is 2.04 bits per heavy atom. The third-order valence-electron chi connectivity index (χ3n) is 4.36. The van der Waals surface area contributed by atoms with Crippen LogP contribution in [-0.2, 0) is 6.54 Å². The van der Waals surface area contributed by atoms with Crippen molar-refractivity contribution in [2.45, 2.75) is 13.5 Å². The molecule has 1 heterocycles. The fourth-order valence-electron chi connectivity index (χ4n) is 2.85. The summed E-state index contributed by atoms with van der Waals surface area (Å²) in [6.07, 6.45) is 0. The monoisotopic (exact) mass is 422 g/mol. The van der Waals surface area contributed by atoms with Gasteiger partial charge >= 0.3 is 0 Å². The molecule has 0 aromatic heterocycles. The van der Waals surface area contributed by atoms with Gasteiger partial charge in [-0.1, -0.05) is 12.1 Å². The zero-order chi connectivity index (χ0) is 17.8. The van der Waals surface area contributed by atoms with E-state index in [2.05, 4.69) is 32.2 Å². The Morgan fingerprint density at radius 1 is 1.28 bits per heavy atom. The molecule has 0 saturated carbocycles. The maximum atomic E-state index is 13.4. The van der Waals surface area contributed by atoms with Crippen molar-refractivity contribution in [1.82, 2.24) is 4.90 Å². The number of hydrogen-bond acceptors (Lipinski definition) is 3. The molecule has 2 aromatic rings. The Kier molecular flexibility index (Phi) is 6.15. The first-order valence-electron chi connectivity index (χ1n) is 8.19. The molecule has 0 spiro atoms. The third-order valence-corrected chi connectivity index (χ3v) is 6.00. The van der Waals surface area contributed by atoms with E-state index < -0.39 is 5.82 Å². The second-order valence-electron chi connectivity index (χ2n) is 6.06. The van der Waals surface area contributed by atoms with Gasteiger partial charge in [-0.25, -0.2) is 4.39 Å². The number of amides is 1. The van der Waals surface area contributed by atoms with Gasteiger partial charge in [0, 0.05) is 41.3 Å². The van der Waals surface area contributed by atoms with Gasteiger partial charge in [0.25, 0.3) is 5.91 Å². The van der Waals surface area contributed by atoms with Crippen LogP contribution in [0.15, 0.2) is 40.9 Å². The van der Waals surface area contributed by atoms with E-state index in [1.54, 1.807) is 6.07 Å². The molecule has 25 heavy (non-hydrogen) atoms. The van der Waals surface area contributed by atoms with Crippen molar-refractivity contribution in [2.75, 3.05) is 29.9 Å². The zero-order valence-electron chi connectivity index (χ0n) is 14.0. The average molecular weight is 423 g/mol. The van der Waals surface area contributed by atoms with Crippen LogP contribution in [0.1, 0.15) is 21.5 Å². The first-order chi connectivity index (χ1) is 12.0. The number of carbonyl (C=O) groups excluding carboxylic acids is 1. The number of anilines is 1. The molecule has 1 fully saturated rings. The smallest absolute Gasteiger partial charge is 0.256 e. The highest BCUT2D eigenvalue weighted by Crippen LogP contribution is 2.24. The molecule has 3 nitrogen and oxygen atoms in total. The van der Waals surface area contributed by atoms with Crippen molar-refractivity contribution < 1.29 is 9.18 Å². The summed E-state index contributed by atoms with van der Waals surface area (Å²) in [6, 6.07) is 10.0. The number of nitrogens with zero attached hydrogens (tertiary/aromatic N) is 1. The summed E-state index contributed by atoms with van der Waals surface area (Å²) in [5, 5.41) is 2.91. The first-order valence-corrected chi connectivity index (χ1v) is 10.1. The minimum absolute atomic E-state index is 0.290. The largest absolute Gasteiger partial charge is 0.322 e. The molecule has 0 unspecified atom stereocenters. The molecule has 0 bridgehead atoms. The number of hydrogen-bond donors (Lipinski definition) is 1. The third kappa shape index (κ3) is 4.63. The van der Waals surface area contributed by atoms with Crippen LogP contribution in [0.2, 0.25) is 0 Å². The van der Waals surface area contributed by atoms with E-state index in [9.17, 15) is 9.18 Å². The second kappa shape index (κ2) is 8.34. The molecule has 3 rings (SSSR count). The minimum atomic E-state index is -0.429. The molecule has 2 aromatic carbocycles. The number of carbonyl (C=O) groups is 1. The van der Waals surface area contributed by atoms with Crippen molar-refractivity contribution in [2.24, 2.45) is 0 Å². The van der Waals surface area contributed by atoms with Gasteiger partial charge in [0.15, 0.2) is 0 Å². The molecule has 1 aliphatic rings. The summed E-state index contributed by atoms with van der Waals surface area (Å²) in [7, 11) is 0. The van der Waals surface area contributed by atoms with E-state index in [4.69, 9.17) is 0 Å². The Balaban J connectivity index is 1.77. The van der Waals surface area contributed by atoms with Gasteiger partial charge in [0.05, 0.1) is 5.56 Å². The quantitative estimate of drug-likeness (QED) is 0.774. The van der Waals surface area contributed by atoms with Crippen LogP contribution in [0, 0.1) is 12.7 Å². The van der Waals surface area contributed by atoms with Crippen LogP contribution in [0.3, 0.4) is 0 Å². The lowest BCUT2D eigenvalue weighted by Gasteiger charge is -2.27. The van der Waals surface area contributed by atoms with Gasteiger partial charge in [0.1, 0.15) is 5.82 Å². The van der Waals surface area contributed by atoms with Gasteiger partial charge in [-0.15, -0.1) is 0 Å². The van der Waals surface area contributed by atoms with Gasteiger partial charge in [-0.3, -0.25) is 9.69 Å². The molecule has 1 aliphatic heterocycles. The van der Waals surface area contributed by atoms with Gasteiger partial charge < -0.3 is 5.32 Å². The van der Waals surface area contributed by atoms with E-state index in [1.165, 1.54) is 29.2 Å². The van der Waals surface area contributed by atoms with Gasteiger partial charge in [0.2, 0.25) is 0 Å². The SMILES string of the molecule is Cc1c(CN2CCSCC2)cccc1NC(=O)c1cc(F)ccc1Br. The zero-order valence-corrected chi connectivity index (χ0v) is 16.4. The summed E-state index contributed by atoms with van der Waals surface area (Å²) < 4.78 is 14.0. The van der Waals surface area contributed by atoms with Crippen LogP contribution < -0.4 is 5.32 Å². The molecule has 1 amide bonds. The maximum Gasteiger partial charge on any atom is 0.256 e. The van der Waals surface area contributed by atoms with Crippen molar-refractivity contribution in [3.05, 3.63) is 63.4 Å². The van der Waals surface area contributed by atoms with Crippen molar-refractivity contribution in [1.29, 1.82) is 0 Å². The van der Waals surface area contributed by atoms with Gasteiger partial charge in [-0.05, 0) is 58.2 Å². The van der Waals surface area contributed by atoms with E-state index in [0.717, 1.165) is 30.9 Å². The average Bonchev–Trinajstić information content (AvgIpc) is 2.61. The van der Waals surface area contributed by atoms with Crippen LogP contribution in [-0.4, -0.2) is 35.4 Å². The number of thioether (sulfide) groups is 1. The highest BCUT2D eigenvalue weighted by Gasteiger charge is 2.16. The standard InChI is InChI=1S/C19H20BrFN2OS/c1-13-14(12-23-7-9-25-10-8-23)3-2-4-18(13)22-19(24)16-11-15(21)5-6-17(16)20/h2-6,11H,7-10,12H2,1H3,(H,22,24). The van der Waals surface area contributed by atoms with E-state index in [-0.39, 0.29) is 11.5 Å². The normalized spacial score (nSPS) is 15.2. The summed E-state index contributed by atoms with van der Waals surface area (Å²) in [5.41, 5.74) is 3.33. The van der Waals surface area contributed by atoms with Crippen molar-refractivity contribution in [3.8, 4) is 0 Å². The number of nitrogens with one attached hydrogen (secondary N) is 1.